The maximum Gasteiger partial charge on any atom is 0.410 e. The van der Waals surface area contributed by atoms with E-state index in [1.165, 1.54) is 4.90 Å². The van der Waals surface area contributed by atoms with Crippen LogP contribution in [0.4, 0.5) is 4.79 Å². The third-order valence-electron chi connectivity index (χ3n) is 1.92. The predicted octanol–water partition coefficient (Wildman–Crippen LogP) is 2.27. The van der Waals surface area contributed by atoms with Crippen molar-refractivity contribution in [3.05, 3.63) is 12.2 Å². The maximum atomic E-state index is 11.8. The fourth-order valence-corrected chi connectivity index (χ4v) is 1.05. The second-order valence-electron chi connectivity index (χ2n) is 5.11. The van der Waals surface area contributed by atoms with E-state index in [9.17, 15) is 9.59 Å². The summed E-state index contributed by atoms with van der Waals surface area (Å²) in [6.07, 6.45) is -0.532. The summed E-state index contributed by atoms with van der Waals surface area (Å²) in [5, 5.41) is 8.75. The third kappa shape index (κ3) is 5.94. The van der Waals surface area contributed by atoms with Gasteiger partial charge in [0.25, 0.3) is 0 Å². The van der Waals surface area contributed by atoms with Gasteiger partial charge in [0, 0.05) is 11.6 Å². The summed E-state index contributed by atoms with van der Waals surface area (Å²) in [7, 11) is 0. The number of hydrogen-bond donors (Lipinski definition) is 1. The van der Waals surface area contributed by atoms with Gasteiger partial charge in [0.2, 0.25) is 0 Å². The minimum absolute atomic E-state index is 0.0374. The smallest absolute Gasteiger partial charge is 0.410 e. The molecule has 0 rings (SSSR count). The van der Waals surface area contributed by atoms with Gasteiger partial charge in [0.15, 0.2) is 0 Å². The van der Waals surface area contributed by atoms with Crippen molar-refractivity contribution in [2.45, 2.75) is 46.3 Å². The van der Waals surface area contributed by atoms with E-state index in [0.717, 1.165) is 0 Å². The lowest BCUT2D eigenvalue weighted by Gasteiger charge is -2.30. The van der Waals surface area contributed by atoms with Crippen molar-refractivity contribution in [3.8, 4) is 0 Å². The van der Waals surface area contributed by atoms with Crippen molar-refractivity contribution in [1.29, 1.82) is 0 Å². The molecule has 0 bridgehead atoms. The molecule has 0 aliphatic rings. The van der Waals surface area contributed by atoms with Gasteiger partial charge in [0.05, 0.1) is 6.54 Å². The van der Waals surface area contributed by atoms with Gasteiger partial charge >= 0.3 is 12.1 Å². The molecule has 0 atom stereocenters. The minimum atomic E-state index is -1.11. The monoisotopic (exact) mass is 243 g/mol. The Labute approximate surface area is 102 Å². The Morgan fingerprint density at radius 2 is 1.82 bits per heavy atom. The first kappa shape index (κ1) is 15.5. The number of aliphatic carboxylic acids is 1. The fourth-order valence-electron chi connectivity index (χ4n) is 1.05. The molecule has 5 heteroatoms. The van der Waals surface area contributed by atoms with E-state index in [0.29, 0.717) is 0 Å². The van der Waals surface area contributed by atoms with Crippen LogP contribution < -0.4 is 0 Å². The van der Waals surface area contributed by atoms with Gasteiger partial charge in [-0.1, -0.05) is 6.58 Å². The van der Waals surface area contributed by atoms with Crippen LogP contribution in [0.25, 0.3) is 0 Å². The Bertz CT molecular complexity index is 315. The summed E-state index contributed by atoms with van der Waals surface area (Å²) in [5.41, 5.74) is -0.640. The van der Waals surface area contributed by atoms with Crippen molar-refractivity contribution in [2.75, 3.05) is 6.54 Å². The zero-order valence-corrected chi connectivity index (χ0v) is 11.1. The van der Waals surface area contributed by atoms with Crippen LogP contribution in [0.1, 0.15) is 34.6 Å². The van der Waals surface area contributed by atoms with Gasteiger partial charge in [-0.2, -0.15) is 0 Å². The molecule has 0 aromatic rings. The standard InChI is InChI=1S/C12H21NO4/c1-8(2)13(7-9(3)10(14)15)11(16)17-12(4,5)6/h8H,3,7H2,1-2,4-6H3,(H,14,15). The molecular formula is C12H21NO4. The van der Waals surface area contributed by atoms with Crippen LogP contribution in [-0.4, -0.2) is 40.3 Å². The highest BCUT2D eigenvalue weighted by Crippen LogP contribution is 2.13. The van der Waals surface area contributed by atoms with E-state index in [-0.39, 0.29) is 18.2 Å². The number of carbonyl (C=O) groups is 2. The fraction of sp³-hybridized carbons (Fsp3) is 0.667. The summed E-state index contributed by atoms with van der Waals surface area (Å²) in [6.45, 7) is 12.2. The highest BCUT2D eigenvalue weighted by atomic mass is 16.6. The molecule has 0 aliphatic carbocycles. The molecule has 17 heavy (non-hydrogen) atoms. The minimum Gasteiger partial charge on any atom is -0.478 e. The number of carboxylic acid groups (broad SMARTS) is 1. The number of nitrogens with zero attached hydrogens (tertiary/aromatic N) is 1. The molecule has 0 saturated heterocycles. The lowest BCUT2D eigenvalue weighted by atomic mass is 10.2. The number of hydrogen-bond acceptors (Lipinski definition) is 3. The number of amides is 1. The van der Waals surface area contributed by atoms with E-state index >= 15 is 0 Å². The zero-order chi connectivity index (χ0) is 13.8. The first-order valence-electron chi connectivity index (χ1n) is 5.45. The largest absolute Gasteiger partial charge is 0.478 e. The average Bonchev–Trinajstić information content (AvgIpc) is 2.09. The molecule has 1 N–H and O–H groups in total. The van der Waals surface area contributed by atoms with Crippen LogP contribution in [-0.2, 0) is 9.53 Å². The zero-order valence-electron chi connectivity index (χ0n) is 11.1. The lowest BCUT2D eigenvalue weighted by Crippen LogP contribution is -2.42. The molecule has 0 aromatic heterocycles. The van der Waals surface area contributed by atoms with E-state index in [1.54, 1.807) is 34.6 Å². The third-order valence-corrected chi connectivity index (χ3v) is 1.92. The topological polar surface area (TPSA) is 66.8 Å². The quantitative estimate of drug-likeness (QED) is 0.769. The normalized spacial score (nSPS) is 11.2. The summed E-state index contributed by atoms with van der Waals surface area (Å²) in [6, 6.07) is -0.152. The summed E-state index contributed by atoms with van der Waals surface area (Å²) in [5.74, 6) is -1.11. The Hall–Kier alpha value is -1.52. The first-order valence-corrected chi connectivity index (χ1v) is 5.45. The van der Waals surface area contributed by atoms with Crippen LogP contribution in [0.5, 0.6) is 0 Å². The van der Waals surface area contributed by atoms with Crippen molar-refractivity contribution < 1.29 is 19.4 Å². The van der Waals surface area contributed by atoms with Gasteiger partial charge in [-0.15, -0.1) is 0 Å². The molecule has 0 heterocycles. The molecule has 0 saturated carbocycles. The van der Waals surface area contributed by atoms with Crippen molar-refractivity contribution in [1.82, 2.24) is 4.90 Å². The van der Waals surface area contributed by atoms with Crippen molar-refractivity contribution in [3.63, 3.8) is 0 Å². The Morgan fingerprint density at radius 1 is 1.35 bits per heavy atom. The van der Waals surface area contributed by atoms with Gasteiger partial charge < -0.3 is 14.7 Å². The molecule has 0 unspecified atom stereocenters. The van der Waals surface area contributed by atoms with Gasteiger partial charge in [-0.3, -0.25) is 0 Å². The SMILES string of the molecule is C=C(CN(C(=O)OC(C)(C)C)C(C)C)C(=O)O. The van der Waals surface area contributed by atoms with Gasteiger partial charge in [-0.05, 0) is 34.6 Å². The van der Waals surface area contributed by atoms with Gasteiger partial charge in [-0.25, -0.2) is 9.59 Å². The summed E-state index contributed by atoms with van der Waals surface area (Å²) >= 11 is 0. The molecule has 5 nitrogen and oxygen atoms in total. The van der Waals surface area contributed by atoms with Crippen LogP contribution in [0.15, 0.2) is 12.2 Å². The van der Waals surface area contributed by atoms with E-state index in [1.807, 2.05) is 0 Å². The van der Waals surface area contributed by atoms with Crippen LogP contribution in [0.3, 0.4) is 0 Å². The first-order chi connectivity index (χ1) is 7.54. The van der Waals surface area contributed by atoms with Crippen LogP contribution in [0, 0.1) is 0 Å². The molecule has 1 amide bonds. The number of ether oxygens (including phenoxy) is 1. The Kier molecular flexibility index (Phi) is 5.19. The van der Waals surface area contributed by atoms with Crippen molar-refractivity contribution >= 4 is 12.1 Å². The molecule has 0 aromatic carbocycles. The number of rotatable bonds is 4. The summed E-state index contributed by atoms with van der Waals surface area (Å²) in [4.78, 5) is 23.8. The Balaban J connectivity index is 4.70. The van der Waals surface area contributed by atoms with Crippen LogP contribution in [0.2, 0.25) is 0 Å². The molecule has 0 fully saturated rings. The molecule has 98 valence electrons. The second-order valence-corrected chi connectivity index (χ2v) is 5.11. The Morgan fingerprint density at radius 3 is 2.12 bits per heavy atom. The average molecular weight is 243 g/mol. The highest BCUT2D eigenvalue weighted by Gasteiger charge is 2.25. The lowest BCUT2D eigenvalue weighted by molar-refractivity contribution is -0.132. The van der Waals surface area contributed by atoms with Gasteiger partial charge in [0.1, 0.15) is 5.60 Å². The number of carbonyl (C=O) groups excluding carboxylic acids is 1. The highest BCUT2D eigenvalue weighted by molar-refractivity contribution is 5.87. The molecular weight excluding hydrogens is 222 g/mol. The van der Waals surface area contributed by atoms with E-state index in [4.69, 9.17) is 9.84 Å². The van der Waals surface area contributed by atoms with Crippen molar-refractivity contribution in [2.24, 2.45) is 0 Å². The number of carboxylic acids is 1. The van der Waals surface area contributed by atoms with E-state index in [2.05, 4.69) is 6.58 Å². The summed E-state index contributed by atoms with van der Waals surface area (Å²) < 4.78 is 5.19. The maximum absolute atomic E-state index is 11.8. The predicted molar refractivity (Wildman–Crippen MR) is 64.9 cm³/mol. The molecule has 0 radical (unpaired) electrons. The molecule has 0 spiro atoms. The molecule has 0 aliphatic heterocycles. The van der Waals surface area contributed by atoms with Crippen LogP contribution >= 0.6 is 0 Å². The van der Waals surface area contributed by atoms with E-state index < -0.39 is 17.7 Å². The second kappa shape index (κ2) is 5.70.